The Labute approximate surface area is 218 Å². The fourth-order valence-electron chi connectivity index (χ4n) is 3.55. The third-order valence-corrected chi connectivity index (χ3v) is 5.28. The lowest BCUT2D eigenvalue weighted by Gasteiger charge is -2.24. The van der Waals surface area contributed by atoms with E-state index in [1.807, 2.05) is 66.0 Å². The lowest BCUT2D eigenvalue weighted by atomic mass is 9.93. The average Bonchev–Trinajstić information content (AvgIpc) is 3.13. The van der Waals surface area contributed by atoms with Gasteiger partial charge in [0.15, 0.2) is 0 Å². The van der Waals surface area contributed by atoms with Crippen LogP contribution in [0.2, 0.25) is 0 Å². The molecule has 2 bridgehead atoms. The Morgan fingerprint density at radius 1 is 1.26 bits per heavy atom. The summed E-state index contributed by atoms with van der Waals surface area (Å²) in [7, 11) is 1.83. The molecule has 3 N–H and O–H groups in total. The van der Waals surface area contributed by atoms with Crippen LogP contribution in [0.1, 0.15) is 52.8 Å². The first-order valence-electron chi connectivity index (χ1n) is 11.7. The number of carboxylic acids is 1. The minimum atomic E-state index is -5.08. The highest BCUT2D eigenvalue weighted by atomic mass is 19.4. The number of hydrogen-bond acceptors (Lipinski definition) is 6. The number of amides is 2. The predicted octanol–water partition coefficient (Wildman–Crippen LogP) is 4.85. The van der Waals surface area contributed by atoms with Gasteiger partial charge in [0.1, 0.15) is 5.60 Å². The molecule has 0 unspecified atom stereocenters. The molecular formula is C25H32F3N5O5. The lowest BCUT2D eigenvalue weighted by Crippen LogP contribution is -2.35. The van der Waals surface area contributed by atoms with Gasteiger partial charge in [0.2, 0.25) is 5.91 Å². The van der Waals surface area contributed by atoms with Crippen LogP contribution in [0.15, 0.2) is 36.7 Å². The van der Waals surface area contributed by atoms with Crippen molar-refractivity contribution >= 4 is 23.7 Å². The Morgan fingerprint density at radius 2 is 1.89 bits per heavy atom. The molecule has 1 aliphatic heterocycles. The van der Waals surface area contributed by atoms with Gasteiger partial charge in [-0.2, -0.15) is 18.3 Å². The van der Waals surface area contributed by atoms with Gasteiger partial charge in [0.25, 0.3) is 0 Å². The molecule has 0 saturated heterocycles. The largest absolute Gasteiger partial charge is 0.490 e. The highest BCUT2D eigenvalue weighted by Gasteiger charge is 2.38. The quantitative estimate of drug-likeness (QED) is 0.464. The number of alkyl carbamates (subject to hydrolysis) is 1. The van der Waals surface area contributed by atoms with E-state index in [1.54, 1.807) is 17.1 Å². The number of anilines is 1. The first kappa shape index (κ1) is 30.3. The molecule has 0 radical (unpaired) electrons. The maximum Gasteiger partial charge on any atom is 0.490 e. The Kier molecular flexibility index (Phi) is 9.65. The topological polar surface area (TPSA) is 135 Å². The number of aromatic nitrogens is 3. The van der Waals surface area contributed by atoms with Gasteiger partial charge >= 0.3 is 18.2 Å². The van der Waals surface area contributed by atoms with Crippen molar-refractivity contribution in [2.24, 2.45) is 18.9 Å². The summed E-state index contributed by atoms with van der Waals surface area (Å²) in [5.74, 6) is -3.06. The summed E-state index contributed by atoms with van der Waals surface area (Å²) in [5.41, 5.74) is 2.36. The van der Waals surface area contributed by atoms with Crippen LogP contribution in [0.25, 0.3) is 11.3 Å². The second-order valence-electron chi connectivity index (χ2n) is 9.92. The SMILES string of the molecule is CC(C)[C@H]1/C=C/C[C@H](NC(=O)OC(C)(C)C)c2cc(ccn2)-c2c(cnn2C)NC1=O.O=C(O)C(F)(F)F. The molecule has 0 aliphatic carbocycles. The van der Waals surface area contributed by atoms with E-state index < -0.39 is 29.9 Å². The Balaban J connectivity index is 0.000000638. The van der Waals surface area contributed by atoms with Gasteiger partial charge in [-0.1, -0.05) is 26.0 Å². The molecular weight excluding hydrogens is 507 g/mol. The number of carbonyl (C=O) groups is 3. The van der Waals surface area contributed by atoms with E-state index in [4.69, 9.17) is 14.6 Å². The summed E-state index contributed by atoms with van der Waals surface area (Å²) in [6.45, 7) is 9.47. The zero-order valence-electron chi connectivity index (χ0n) is 22.0. The van der Waals surface area contributed by atoms with Crippen molar-refractivity contribution < 1.29 is 37.4 Å². The highest BCUT2D eigenvalue weighted by molar-refractivity contribution is 5.97. The number of rotatable bonds is 2. The standard InChI is InChI=1S/C23H31N5O3.C2HF3O2/c1-14(2)16-8-7-9-17(27-22(30)31-23(3,4)5)18-12-15(10-11-24-18)20-19(26-21(16)29)13-25-28(20)6;3-2(4,5)1(6)7/h7-8,10-14,16-17H,9H2,1-6H3,(H,26,29)(H,27,30);(H,6,7)/b8-7+;/t16-,17+;/m1./s1. The van der Waals surface area contributed by atoms with Gasteiger partial charge in [-0.15, -0.1) is 0 Å². The van der Waals surface area contributed by atoms with E-state index in [0.717, 1.165) is 11.3 Å². The summed E-state index contributed by atoms with van der Waals surface area (Å²) >= 11 is 0. The number of nitrogens with zero attached hydrogens (tertiary/aromatic N) is 3. The Morgan fingerprint density at radius 3 is 2.45 bits per heavy atom. The van der Waals surface area contributed by atoms with E-state index in [2.05, 4.69) is 20.7 Å². The first-order valence-corrected chi connectivity index (χ1v) is 11.7. The number of fused-ring (bicyclic) bond motifs is 4. The van der Waals surface area contributed by atoms with Crippen molar-refractivity contribution in [1.29, 1.82) is 0 Å². The Hall–Kier alpha value is -3.90. The van der Waals surface area contributed by atoms with Crippen LogP contribution in [0.5, 0.6) is 0 Å². The van der Waals surface area contributed by atoms with Gasteiger partial charge in [0.05, 0.1) is 35.2 Å². The molecule has 10 nitrogen and oxygen atoms in total. The molecule has 0 saturated carbocycles. The number of hydrogen-bond donors (Lipinski definition) is 3. The first-order chi connectivity index (χ1) is 17.5. The molecule has 0 spiro atoms. The second kappa shape index (κ2) is 12.1. The molecule has 2 atom stereocenters. The molecule has 38 heavy (non-hydrogen) atoms. The maximum absolute atomic E-state index is 13.0. The van der Waals surface area contributed by atoms with Crippen molar-refractivity contribution in [3.8, 4) is 11.3 Å². The fourth-order valence-corrected chi connectivity index (χ4v) is 3.55. The van der Waals surface area contributed by atoms with E-state index in [9.17, 15) is 22.8 Å². The predicted molar refractivity (Wildman–Crippen MR) is 133 cm³/mol. The minimum absolute atomic E-state index is 0.0907. The number of halogens is 3. The van der Waals surface area contributed by atoms with Crippen molar-refractivity contribution in [3.05, 3.63) is 42.4 Å². The summed E-state index contributed by atoms with van der Waals surface area (Å²) in [6.07, 6.45) is 2.04. The molecule has 0 aromatic carbocycles. The average molecular weight is 540 g/mol. The number of carboxylic acid groups (broad SMARTS) is 1. The Bertz CT molecular complexity index is 1180. The van der Waals surface area contributed by atoms with Gasteiger partial charge < -0.3 is 20.5 Å². The summed E-state index contributed by atoms with van der Waals surface area (Å²) in [6, 6.07) is 3.37. The van der Waals surface area contributed by atoms with Crippen LogP contribution in [-0.2, 0) is 21.4 Å². The molecule has 208 valence electrons. The fraction of sp³-hybridized carbons (Fsp3) is 0.480. The van der Waals surface area contributed by atoms with Crippen LogP contribution in [0, 0.1) is 11.8 Å². The van der Waals surface area contributed by atoms with E-state index in [0.29, 0.717) is 17.8 Å². The van der Waals surface area contributed by atoms with Crippen LogP contribution >= 0.6 is 0 Å². The van der Waals surface area contributed by atoms with Gasteiger partial charge in [0, 0.05) is 18.8 Å². The number of ether oxygens (including phenoxy) is 1. The number of aryl methyl sites for hydroxylation is 1. The maximum atomic E-state index is 13.0. The zero-order chi connectivity index (χ0) is 28.8. The van der Waals surface area contributed by atoms with Crippen molar-refractivity contribution in [2.75, 3.05) is 5.32 Å². The zero-order valence-corrected chi connectivity index (χ0v) is 22.0. The molecule has 2 aromatic rings. The molecule has 2 amide bonds. The van der Waals surface area contributed by atoms with E-state index in [1.165, 1.54) is 0 Å². The van der Waals surface area contributed by atoms with Crippen LogP contribution in [-0.4, -0.2) is 49.6 Å². The molecule has 3 rings (SSSR count). The summed E-state index contributed by atoms with van der Waals surface area (Å²) in [5, 5.41) is 17.4. The normalized spacial score (nSPS) is 18.5. The van der Waals surface area contributed by atoms with Crippen LogP contribution in [0.3, 0.4) is 0 Å². The third-order valence-electron chi connectivity index (χ3n) is 5.28. The summed E-state index contributed by atoms with van der Waals surface area (Å²) in [4.78, 5) is 38.9. The summed E-state index contributed by atoms with van der Waals surface area (Å²) < 4.78 is 38.9. The van der Waals surface area contributed by atoms with Crippen molar-refractivity contribution in [3.63, 3.8) is 0 Å². The van der Waals surface area contributed by atoms with Crippen molar-refractivity contribution in [2.45, 2.75) is 58.9 Å². The van der Waals surface area contributed by atoms with E-state index >= 15 is 0 Å². The van der Waals surface area contributed by atoms with Crippen molar-refractivity contribution in [1.82, 2.24) is 20.1 Å². The smallest absolute Gasteiger partial charge is 0.475 e. The molecule has 13 heteroatoms. The molecule has 0 fully saturated rings. The van der Waals surface area contributed by atoms with Crippen LogP contribution in [0.4, 0.5) is 23.7 Å². The number of alkyl halides is 3. The van der Waals surface area contributed by atoms with E-state index in [-0.39, 0.29) is 17.7 Å². The number of carbonyl (C=O) groups excluding carboxylic acids is 2. The van der Waals surface area contributed by atoms with Crippen LogP contribution < -0.4 is 10.6 Å². The number of pyridine rings is 1. The van der Waals surface area contributed by atoms with Gasteiger partial charge in [-0.3, -0.25) is 14.5 Å². The molecule has 1 aliphatic rings. The second-order valence-corrected chi connectivity index (χ2v) is 9.92. The minimum Gasteiger partial charge on any atom is -0.475 e. The molecule has 3 heterocycles. The number of nitrogens with one attached hydrogen (secondary N) is 2. The van der Waals surface area contributed by atoms with Gasteiger partial charge in [-0.25, -0.2) is 9.59 Å². The highest BCUT2D eigenvalue weighted by Crippen LogP contribution is 2.31. The molecule has 2 aromatic heterocycles. The lowest BCUT2D eigenvalue weighted by molar-refractivity contribution is -0.192. The monoisotopic (exact) mass is 539 g/mol. The number of aliphatic carboxylic acids is 1. The third kappa shape index (κ3) is 8.60. The van der Waals surface area contributed by atoms with Gasteiger partial charge in [-0.05, 0) is 45.2 Å².